The molecule has 1 N–H and O–H groups in total. The number of nitrogens with zero attached hydrogens (tertiary/aromatic N) is 5. The van der Waals surface area contributed by atoms with Crippen molar-refractivity contribution >= 4 is 5.91 Å². The van der Waals surface area contributed by atoms with Gasteiger partial charge in [-0.05, 0) is 26.5 Å². The topological polar surface area (TPSA) is 68.0 Å². The third-order valence-corrected chi connectivity index (χ3v) is 4.95. The zero-order valence-corrected chi connectivity index (χ0v) is 17.3. The molecule has 0 aliphatic rings. The highest BCUT2D eigenvalue weighted by Crippen LogP contribution is 2.15. The molecular formula is C21H26F2N6O. The van der Waals surface area contributed by atoms with Crippen molar-refractivity contribution in [3.8, 4) is 0 Å². The Labute approximate surface area is 174 Å². The standard InChI is InChI=1S/C21H26F2N6O/c1-15-18(16(2)29(26-15)12-17-7-5-4-6-8-17)11-25-20(30)14-27(3)13-19-24-9-10-28(19)21(22)23/h4-10,21H,11-14H2,1-3H3,(H,25,30). The molecule has 0 bridgehead atoms. The Kier molecular flexibility index (Phi) is 6.94. The number of alkyl halides is 2. The smallest absolute Gasteiger partial charge is 0.319 e. The van der Waals surface area contributed by atoms with Gasteiger partial charge < -0.3 is 5.32 Å². The number of imidazole rings is 1. The van der Waals surface area contributed by atoms with E-state index in [9.17, 15) is 13.6 Å². The molecule has 2 aromatic heterocycles. The van der Waals surface area contributed by atoms with E-state index in [0.717, 1.165) is 27.1 Å². The summed E-state index contributed by atoms with van der Waals surface area (Å²) in [5.74, 6) is 0.0245. The molecule has 3 aromatic rings. The minimum atomic E-state index is -2.65. The van der Waals surface area contributed by atoms with E-state index >= 15 is 0 Å². The van der Waals surface area contributed by atoms with Gasteiger partial charge in [0, 0.05) is 30.2 Å². The molecule has 0 unspecified atom stereocenters. The molecular weight excluding hydrogens is 390 g/mol. The lowest BCUT2D eigenvalue weighted by Crippen LogP contribution is -2.35. The highest BCUT2D eigenvalue weighted by atomic mass is 19.3. The van der Waals surface area contributed by atoms with Crippen LogP contribution >= 0.6 is 0 Å². The van der Waals surface area contributed by atoms with Crippen LogP contribution in [0.15, 0.2) is 42.7 Å². The van der Waals surface area contributed by atoms with Gasteiger partial charge in [-0.1, -0.05) is 30.3 Å². The number of hydrogen-bond donors (Lipinski definition) is 1. The number of halogens is 2. The van der Waals surface area contributed by atoms with Crippen molar-refractivity contribution in [2.24, 2.45) is 0 Å². The molecule has 0 aliphatic carbocycles. The number of hydrogen-bond acceptors (Lipinski definition) is 4. The molecule has 0 atom stereocenters. The second kappa shape index (κ2) is 9.62. The van der Waals surface area contributed by atoms with Crippen molar-refractivity contribution < 1.29 is 13.6 Å². The summed E-state index contributed by atoms with van der Waals surface area (Å²) in [6.07, 6.45) is 2.56. The molecule has 0 fully saturated rings. The van der Waals surface area contributed by atoms with E-state index in [4.69, 9.17) is 0 Å². The summed E-state index contributed by atoms with van der Waals surface area (Å²) in [4.78, 5) is 17.9. The maximum Gasteiger partial charge on any atom is 0.319 e. The molecule has 3 rings (SSSR count). The summed E-state index contributed by atoms with van der Waals surface area (Å²) in [5, 5.41) is 7.49. The van der Waals surface area contributed by atoms with Gasteiger partial charge in [0.15, 0.2) is 0 Å². The van der Waals surface area contributed by atoms with E-state index in [1.54, 1.807) is 11.9 Å². The van der Waals surface area contributed by atoms with E-state index in [-0.39, 0.29) is 24.8 Å². The molecule has 0 saturated carbocycles. The molecule has 0 radical (unpaired) electrons. The summed E-state index contributed by atoms with van der Waals surface area (Å²) in [5.41, 5.74) is 4.01. The Morgan fingerprint density at radius 2 is 1.97 bits per heavy atom. The molecule has 0 spiro atoms. The number of aromatic nitrogens is 4. The maximum atomic E-state index is 12.9. The Morgan fingerprint density at radius 3 is 2.67 bits per heavy atom. The SMILES string of the molecule is Cc1nn(Cc2ccccc2)c(C)c1CNC(=O)CN(C)Cc1nccn1C(F)F. The molecule has 1 aromatic carbocycles. The van der Waals surface area contributed by atoms with E-state index < -0.39 is 6.55 Å². The highest BCUT2D eigenvalue weighted by Gasteiger charge is 2.16. The zero-order chi connectivity index (χ0) is 21.7. The van der Waals surface area contributed by atoms with Crippen LogP contribution in [0, 0.1) is 13.8 Å². The van der Waals surface area contributed by atoms with Gasteiger partial charge in [-0.2, -0.15) is 13.9 Å². The number of aryl methyl sites for hydroxylation is 1. The number of nitrogens with one attached hydrogen (secondary N) is 1. The fraction of sp³-hybridized carbons (Fsp3) is 0.381. The molecule has 2 heterocycles. The van der Waals surface area contributed by atoms with Crippen LogP contribution in [-0.2, 0) is 24.4 Å². The molecule has 0 aliphatic heterocycles. The highest BCUT2D eigenvalue weighted by molar-refractivity contribution is 5.78. The minimum absolute atomic E-state index is 0.0757. The van der Waals surface area contributed by atoms with Crippen molar-refractivity contribution in [1.29, 1.82) is 0 Å². The fourth-order valence-corrected chi connectivity index (χ4v) is 3.33. The van der Waals surface area contributed by atoms with Gasteiger partial charge >= 0.3 is 6.55 Å². The van der Waals surface area contributed by atoms with Crippen molar-refractivity contribution in [1.82, 2.24) is 29.5 Å². The molecule has 0 saturated heterocycles. The number of carbonyl (C=O) groups excluding carboxylic acids is 1. The summed E-state index contributed by atoms with van der Waals surface area (Å²) in [7, 11) is 1.69. The first-order chi connectivity index (χ1) is 14.3. The number of carbonyl (C=O) groups is 1. The van der Waals surface area contributed by atoms with Gasteiger partial charge in [0.2, 0.25) is 5.91 Å². The van der Waals surface area contributed by atoms with Crippen molar-refractivity contribution in [2.75, 3.05) is 13.6 Å². The molecule has 1 amide bonds. The van der Waals surface area contributed by atoms with E-state index in [1.165, 1.54) is 12.4 Å². The van der Waals surface area contributed by atoms with E-state index in [0.29, 0.717) is 13.1 Å². The molecule has 160 valence electrons. The quantitative estimate of drug-likeness (QED) is 0.583. The largest absolute Gasteiger partial charge is 0.351 e. The lowest BCUT2D eigenvalue weighted by molar-refractivity contribution is -0.122. The predicted molar refractivity (Wildman–Crippen MR) is 109 cm³/mol. The average Bonchev–Trinajstić information content (AvgIpc) is 3.26. The third kappa shape index (κ3) is 5.29. The molecule has 9 heteroatoms. The lowest BCUT2D eigenvalue weighted by Gasteiger charge is -2.17. The van der Waals surface area contributed by atoms with Crippen LogP contribution < -0.4 is 5.32 Å². The minimum Gasteiger partial charge on any atom is -0.351 e. The molecule has 7 nitrogen and oxygen atoms in total. The van der Waals surface area contributed by atoms with Crippen LogP contribution in [0.5, 0.6) is 0 Å². The second-order valence-electron chi connectivity index (χ2n) is 7.27. The fourth-order valence-electron chi connectivity index (χ4n) is 3.33. The van der Waals surface area contributed by atoms with Crippen molar-refractivity contribution in [3.63, 3.8) is 0 Å². The zero-order valence-electron chi connectivity index (χ0n) is 17.3. The number of amides is 1. The number of rotatable bonds is 9. The average molecular weight is 416 g/mol. The van der Waals surface area contributed by atoms with Crippen LogP contribution in [0.3, 0.4) is 0 Å². The first-order valence-electron chi connectivity index (χ1n) is 9.67. The first kappa shape index (κ1) is 21.6. The Bertz CT molecular complexity index is 983. The van der Waals surface area contributed by atoms with Crippen LogP contribution in [-0.4, -0.2) is 43.7 Å². The van der Waals surface area contributed by atoms with Crippen molar-refractivity contribution in [3.05, 3.63) is 71.1 Å². The Hall–Kier alpha value is -3.07. The van der Waals surface area contributed by atoms with Crippen LogP contribution in [0.25, 0.3) is 0 Å². The summed E-state index contributed by atoms with van der Waals surface area (Å²) in [6, 6.07) is 10.1. The maximum absolute atomic E-state index is 12.9. The van der Waals surface area contributed by atoms with Crippen molar-refractivity contribution in [2.45, 2.75) is 40.0 Å². The normalized spacial score (nSPS) is 11.4. The van der Waals surface area contributed by atoms with Gasteiger partial charge in [0.05, 0.1) is 25.3 Å². The predicted octanol–water partition coefficient (Wildman–Crippen LogP) is 2.89. The van der Waals surface area contributed by atoms with Gasteiger partial charge in [-0.15, -0.1) is 0 Å². The van der Waals surface area contributed by atoms with Gasteiger partial charge in [0.25, 0.3) is 0 Å². The van der Waals surface area contributed by atoms with E-state index in [2.05, 4.69) is 15.4 Å². The Morgan fingerprint density at radius 1 is 1.23 bits per heavy atom. The van der Waals surface area contributed by atoms with Gasteiger partial charge in [0.1, 0.15) is 5.82 Å². The van der Waals surface area contributed by atoms with Crippen LogP contribution in [0.4, 0.5) is 8.78 Å². The second-order valence-corrected chi connectivity index (χ2v) is 7.27. The number of likely N-dealkylation sites (N-methyl/N-ethyl adjacent to an activating group) is 1. The Balaban J connectivity index is 1.55. The molecule has 30 heavy (non-hydrogen) atoms. The summed E-state index contributed by atoms with van der Waals surface area (Å²) < 4.78 is 28.6. The van der Waals surface area contributed by atoms with Gasteiger partial charge in [-0.25, -0.2) is 4.98 Å². The first-order valence-corrected chi connectivity index (χ1v) is 9.67. The summed E-state index contributed by atoms with van der Waals surface area (Å²) in [6.45, 7) is 2.52. The van der Waals surface area contributed by atoms with E-state index in [1.807, 2.05) is 48.9 Å². The monoisotopic (exact) mass is 416 g/mol. The van der Waals surface area contributed by atoms with Crippen LogP contribution in [0.1, 0.15) is 34.9 Å². The summed E-state index contributed by atoms with van der Waals surface area (Å²) >= 11 is 0. The third-order valence-electron chi connectivity index (χ3n) is 4.95. The lowest BCUT2D eigenvalue weighted by atomic mass is 10.2. The number of benzene rings is 1. The van der Waals surface area contributed by atoms with Crippen LogP contribution in [0.2, 0.25) is 0 Å². The van der Waals surface area contributed by atoms with Gasteiger partial charge in [-0.3, -0.25) is 18.9 Å².